The van der Waals surface area contributed by atoms with Crippen molar-refractivity contribution in [1.29, 1.82) is 0 Å². The number of hydrogen-bond acceptors (Lipinski definition) is 9. The Balaban J connectivity index is 0. The first-order valence-electron chi connectivity index (χ1n) is 12.3. The van der Waals surface area contributed by atoms with Gasteiger partial charge in [0.05, 0.1) is 5.41 Å². The summed E-state index contributed by atoms with van der Waals surface area (Å²) in [6, 6.07) is 22.0. The van der Waals surface area contributed by atoms with E-state index >= 15 is 0 Å². The third kappa shape index (κ3) is 12.5. The second-order valence-corrected chi connectivity index (χ2v) is 8.08. The van der Waals surface area contributed by atoms with E-state index in [1.165, 1.54) is 0 Å². The fourth-order valence-corrected chi connectivity index (χ4v) is 3.42. The van der Waals surface area contributed by atoms with Crippen molar-refractivity contribution in [2.75, 3.05) is 10.6 Å². The van der Waals surface area contributed by atoms with Crippen molar-refractivity contribution in [2.45, 2.75) is 26.7 Å². The van der Waals surface area contributed by atoms with Crippen LogP contribution in [0.15, 0.2) is 103 Å². The number of hydrogen-bond donors (Lipinski definition) is 3. The SMILES string of the molecule is CCC1(CC)C(=O)NC(=O)N=C1[O-].O.O.[Cl-].[Ni+2].c1ccc(Nc2ccccn2)nc1.c1ccc(Nc2ccccn2)nc1. The molecule has 0 spiro atoms. The first-order valence-corrected chi connectivity index (χ1v) is 12.3. The quantitative estimate of drug-likeness (QED) is 0.230. The summed E-state index contributed by atoms with van der Waals surface area (Å²) >= 11 is 0. The van der Waals surface area contributed by atoms with Gasteiger partial charge in [0.1, 0.15) is 23.3 Å². The predicted octanol–water partition coefficient (Wildman–Crippen LogP) is -0.406. The number of carbonyl (C=O) groups excluding carboxylic acids is 2. The fourth-order valence-electron chi connectivity index (χ4n) is 3.42. The van der Waals surface area contributed by atoms with E-state index in [-0.39, 0.29) is 39.9 Å². The van der Waals surface area contributed by atoms with Crippen LogP contribution in [0.4, 0.5) is 28.1 Å². The zero-order chi connectivity index (χ0) is 27.9. The van der Waals surface area contributed by atoms with Gasteiger partial charge < -0.3 is 39.1 Å². The van der Waals surface area contributed by atoms with Gasteiger partial charge in [-0.3, -0.25) is 10.1 Å². The maximum absolute atomic E-state index is 11.4. The van der Waals surface area contributed by atoms with E-state index in [1.807, 2.05) is 78.1 Å². The van der Waals surface area contributed by atoms with Crippen LogP contribution in [0.2, 0.25) is 0 Å². The Morgan fingerprint density at radius 2 is 1.00 bits per heavy atom. The minimum atomic E-state index is -1.12. The van der Waals surface area contributed by atoms with Gasteiger partial charge in [-0.1, -0.05) is 38.1 Å². The minimum Gasteiger partial charge on any atom is -1.00 e. The van der Waals surface area contributed by atoms with Crippen LogP contribution in [0.1, 0.15) is 26.7 Å². The molecule has 0 atom stereocenters. The molecular formula is C28H33ClN8NiO5. The predicted molar refractivity (Wildman–Crippen MR) is 155 cm³/mol. The molecule has 43 heavy (non-hydrogen) atoms. The van der Waals surface area contributed by atoms with Gasteiger partial charge in [-0.05, 0) is 67.3 Å². The van der Waals surface area contributed by atoms with Gasteiger partial charge in [0.15, 0.2) is 0 Å². The van der Waals surface area contributed by atoms with Crippen LogP contribution >= 0.6 is 0 Å². The monoisotopic (exact) mass is 654 g/mol. The number of urea groups is 1. The molecule has 4 aromatic heterocycles. The minimum absolute atomic E-state index is 0. The number of nitrogens with zero attached hydrogens (tertiary/aromatic N) is 5. The fraction of sp³-hybridized carbons (Fsp3) is 0.179. The molecule has 0 aromatic carbocycles. The molecule has 0 aliphatic carbocycles. The van der Waals surface area contributed by atoms with Gasteiger partial charge in [0.2, 0.25) is 5.91 Å². The average molecular weight is 656 g/mol. The summed E-state index contributed by atoms with van der Waals surface area (Å²) in [4.78, 5) is 41.8. The Kier molecular flexibility index (Phi) is 20.1. The zero-order valence-electron chi connectivity index (χ0n) is 23.3. The van der Waals surface area contributed by atoms with Crippen LogP contribution in [0.5, 0.6) is 0 Å². The molecular weight excluding hydrogens is 623 g/mol. The largest absolute Gasteiger partial charge is 2.00 e. The molecule has 1 aliphatic heterocycles. The molecule has 13 nitrogen and oxygen atoms in total. The number of anilines is 4. The molecule has 7 N–H and O–H groups in total. The van der Waals surface area contributed by atoms with Crippen LogP contribution in [-0.4, -0.2) is 48.7 Å². The number of nitrogens with one attached hydrogen (secondary N) is 3. The van der Waals surface area contributed by atoms with Crippen LogP contribution < -0.4 is 33.5 Å². The molecule has 232 valence electrons. The smallest absolute Gasteiger partial charge is 1.00 e. The van der Waals surface area contributed by atoms with Crippen molar-refractivity contribution >= 4 is 41.1 Å². The number of aliphatic imine (C=N–C) groups is 1. The topological polar surface area (TPSA) is 220 Å². The number of amides is 3. The van der Waals surface area contributed by atoms with Gasteiger partial charge >= 0.3 is 22.5 Å². The molecule has 0 bridgehead atoms. The van der Waals surface area contributed by atoms with E-state index < -0.39 is 23.3 Å². The normalized spacial score (nSPS) is 12.1. The van der Waals surface area contributed by atoms with E-state index in [2.05, 4.69) is 35.6 Å². The number of aromatic nitrogens is 4. The van der Waals surface area contributed by atoms with Gasteiger partial charge in [-0.2, -0.15) is 0 Å². The molecule has 4 aromatic rings. The van der Waals surface area contributed by atoms with E-state index in [1.54, 1.807) is 38.6 Å². The molecule has 0 fully saturated rings. The molecule has 0 unspecified atom stereocenters. The maximum atomic E-state index is 11.4. The Hall–Kier alpha value is -4.49. The van der Waals surface area contributed by atoms with E-state index in [4.69, 9.17) is 0 Å². The van der Waals surface area contributed by atoms with Crippen LogP contribution in [0.25, 0.3) is 0 Å². The standard InChI is InChI=1S/2C10H9N3.C8H12N2O3.ClH.Ni.2H2O/c2*1-3-7-11-9(5-1)13-10-6-2-4-8-12-10;1-3-8(4-2)5(11)9-7(13)10-6(8)12;;;;/h2*1-8H,(H,11,12,13);3-4H2,1-2H3,(H2,9,10,11,12,13);1H;;2*1H2/q;;;;+2;;/p-2. The number of imide groups is 1. The first kappa shape index (κ1) is 40.7. The number of pyridine rings is 4. The summed E-state index contributed by atoms with van der Waals surface area (Å²) in [5.41, 5.74) is -1.12. The summed E-state index contributed by atoms with van der Waals surface area (Å²) in [6.45, 7) is 3.46. The van der Waals surface area contributed by atoms with Crippen molar-refractivity contribution in [3.05, 3.63) is 97.6 Å². The van der Waals surface area contributed by atoms with Crippen molar-refractivity contribution in [1.82, 2.24) is 25.3 Å². The van der Waals surface area contributed by atoms with Crippen molar-refractivity contribution in [3.8, 4) is 0 Å². The summed E-state index contributed by atoms with van der Waals surface area (Å²) in [5, 5.41) is 19.6. The van der Waals surface area contributed by atoms with Gasteiger partial charge in [-0.15, -0.1) is 0 Å². The molecule has 5 heterocycles. The van der Waals surface area contributed by atoms with Crippen molar-refractivity contribution in [3.63, 3.8) is 0 Å². The summed E-state index contributed by atoms with van der Waals surface area (Å²) in [6.07, 6.45) is 7.70. The molecule has 0 saturated carbocycles. The first-order chi connectivity index (χ1) is 19.0. The van der Waals surface area contributed by atoms with Crippen molar-refractivity contribution < 1.29 is 54.5 Å². The van der Waals surface area contributed by atoms with E-state index in [9.17, 15) is 14.7 Å². The van der Waals surface area contributed by atoms with Crippen LogP contribution in [0.3, 0.4) is 0 Å². The molecule has 3 amide bonds. The van der Waals surface area contributed by atoms with Gasteiger partial charge in [0.25, 0.3) is 0 Å². The Morgan fingerprint density at radius 3 is 1.23 bits per heavy atom. The van der Waals surface area contributed by atoms with Gasteiger partial charge in [0, 0.05) is 24.8 Å². The Bertz CT molecular complexity index is 1200. The molecule has 5 rings (SSSR count). The Labute approximate surface area is 265 Å². The summed E-state index contributed by atoms with van der Waals surface area (Å²) < 4.78 is 0. The number of halogens is 1. The third-order valence-corrected chi connectivity index (χ3v) is 5.65. The number of rotatable bonds is 6. The van der Waals surface area contributed by atoms with Crippen molar-refractivity contribution in [2.24, 2.45) is 10.4 Å². The zero-order valence-corrected chi connectivity index (χ0v) is 25.1. The summed E-state index contributed by atoms with van der Waals surface area (Å²) in [5.74, 6) is 2.08. The molecule has 0 saturated heterocycles. The molecule has 15 heteroatoms. The second kappa shape index (κ2) is 21.3. The second-order valence-electron chi connectivity index (χ2n) is 8.08. The molecule has 0 radical (unpaired) electrons. The number of carbonyl (C=O) groups is 2. The van der Waals surface area contributed by atoms with Crippen LogP contribution in [-0.2, 0) is 21.3 Å². The average Bonchev–Trinajstić information content (AvgIpc) is 2.96. The Morgan fingerprint density at radius 1 is 0.674 bits per heavy atom. The van der Waals surface area contributed by atoms with Gasteiger partial charge in [-0.25, -0.2) is 29.7 Å². The summed E-state index contributed by atoms with van der Waals surface area (Å²) in [7, 11) is 0. The van der Waals surface area contributed by atoms with Crippen LogP contribution in [0, 0.1) is 5.41 Å². The van der Waals surface area contributed by atoms with E-state index in [0.29, 0.717) is 12.8 Å². The van der Waals surface area contributed by atoms with E-state index in [0.717, 1.165) is 23.3 Å². The molecule has 1 aliphatic rings. The maximum Gasteiger partial charge on any atom is 2.00 e. The third-order valence-electron chi connectivity index (χ3n) is 5.65.